The minimum absolute atomic E-state index is 0.227. The molecule has 9 heteroatoms. The van der Waals surface area contributed by atoms with Gasteiger partial charge in [-0.15, -0.1) is 10.2 Å². The van der Waals surface area contributed by atoms with Crippen LogP contribution in [-0.4, -0.2) is 29.2 Å². The van der Waals surface area contributed by atoms with Crippen LogP contribution in [0.25, 0.3) is 11.3 Å². The number of piperidine rings is 1. The summed E-state index contributed by atoms with van der Waals surface area (Å²) in [5.41, 5.74) is 0.281. The van der Waals surface area contributed by atoms with E-state index in [1.807, 2.05) is 11.0 Å². The molecule has 1 N–H and O–H groups in total. The summed E-state index contributed by atoms with van der Waals surface area (Å²) in [6, 6.07) is 14.5. The second-order valence-electron chi connectivity index (χ2n) is 7.58. The van der Waals surface area contributed by atoms with E-state index in [4.69, 9.17) is 0 Å². The van der Waals surface area contributed by atoms with E-state index in [2.05, 4.69) is 15.5 Å². The molecule has 1 aromatic heterocycles. The Balaban J connectivity index is 1.36. The van der Waals surface area contributed by atoms with Gasteiger partial charge in [-0.3, -0.25) is 4.79 Å². The summed E-state index contributed by atoms with van der Waals surface area (Å²) < 4.78 is 52.5. The van der Waals surface area contributed by atoms with Gasteiger partial charge in [0.25, 0.3) is 0 Å². The Labute approximate surface area is 182 Å². The summed E-state index contributed by atoms with van der Waals surface area (Å²) in [4.78, 5) is 14.5. The van der Waals surface area contributed by atoms with Crippen molar-refractivity contribution in [2.24, 2.45) is 5.92 Å². The molecule has 166 valence electrons. The summed E-state index contributed by atoms with van der Waals surface area (Å²) in [7, 11) is 0. The molecule has 0 aliphatic carbocycles. The smallest absolute Gasteiger partial charge is 0.355 e. The number of aromatic nitrogens is 2. The number of nitrogens with one attached hydrogen (secondary N) is 1. The molecule has 0 unspecified atom stereocenters. The zero-order valence-corrected chi connectivity index (χ0v) is 16.9. The van der Waals surface area contributed by atoms with Gasteiger partial charge >= 0.3 is 6.18 Å². The topological polar surface area (TPSA) is 58.1 Å². The molecule has 2 heterocycles. The molecule has 0 spiro atoms. The van der Waals surface area contributed by atoms with E-state index in [0.717, 1.165) is 11.6 Å². The van der Waals surface area contributed by atoms with Gasteiger partial charge in [-0.1, -0.05) is 12.1 Å². The van der Waals surface area contributed by atoms with E-state index in [1.54, 1.807) is 18.2 Å². The Kier molecular flexibility index (Phi) is 6.07. The second-order valence-corrected chi connectivity index (χ2v) is 7.58. The van der Waals surface area contributed by atoms with Gasteiger partial charge in [-0.25, -0.2) is 4.39 Å². The Morgan fingerprint density at radius 1 is 0.938 bits per heavy atom. The van der Waals surface area contributed by atoms with Crippen molar-refractivity contribution in [1.29, 1.82) is 0 Å². The van der Waals surface area contributed by atoms with Crippen molar-refractivity contribution in [2.45, 2.75) is 19.0 Å². The van der Waals surface area contributed by atoms with Gasteiger partial charge in [0.1, 0.15) is 5.82 Å². The molecule has 1 saturated heterocycles. The van der Waals surface area contributed by atoms with E-state index in [0.29, 0.717) is 37.4 Å². The van der Waals surface area contributed by atoms with Gasteiger partial charge in [0, 0.05) is 24.6 Å². The number of carbonyl (C=O) groups excluding carboxylic acids is 1. The third-order valence-electron chi connectivity index (χ3n) is 5.47. The van der Waals surface area contributed by atoms with Crippen LogP contribution in [0.5, 0.6) is 0 Å². The summed E-state index contributed by atoms with van der Waals surface area (Å²) in [5.74, 6) is -0.484. The van der Waals surface area contributed by atoms with Gasteiger partial charge in [0.15, 0.2) is 5.82 Å². The monoisotopic (exact) mass is 444 g/mol. The number of anilines is 2. The fourth-order valence-electron chi connectivity index (χ4n) is 3.71. The van der Waals surface area contributed by atoms with Crippen LogP contribution < -0.4 is 10.2 Å². The van der Waals surface area contributed by atoms with E-state index in [1.165, 1.54) is 30.3 Å². The Hall–Kier alpha value is -3.49. The van der Waals surface area contributed by atoms with E-state index >= 15 is 0 Å². The maximum absolute atomic E-state index is 13.1. The van der Waals surface area contributed by atoms with Gasteiger partial charge in [-0.2, -0.15) is 13.2 Å². The minimum atomic E-state index is -4.54. The van der Waals surface area contributed by atoms with Crippen molar-refractivity contribution >= 4 is 17.4 Å². The van der Waals surface area contributed by atoms with E-state index < -0.39 is 17.6 Å². The predicted molar refractivity (Wildman–Crippen MR) is 112 cm³/mol. The van der Waals surface area contributed by atoms with Gasteiger partial charge < -0.3 is 10.2 Å². The van der Waals surface area contributed by atoms with Crippen LogP contribution in [0.3, 0.4) is 0 Å². The highest BCUT2D eigenvalue weighted by atomic mass is 19.4. The van der Waals surface area contributed by atoms with Crippen molar-refractivity contribution in [2.75, 3.05) is 23.3 Å². The first kappa shape index (κ1) is 21.7. The molecular weight excluding hydrogens is 424 g/mol. The Morgan fingerprint density at radius 3 is 2.25 bits per heavy atom. The molecule has 5 nitrogen and oxygen atoms in total. The maximum atomic E-state index is 13.1. The molecule has 0 bridgehead atoms. The quantitative estimate of drug-likeness (QED) is 0.565. The van der Waals surface area contributed by atoms with Crippen LogP contribution >= 0.6 is 0 Å². The molecule has 1 fully saturated rings. The average molecular weight is 444 g/mol. The van der Waals surface area contributed by atoms with Crippen molar-refractivity contribution in [3.63, 3.8) is 0 Å². The SMILES string of the molecule is O=C(Nc1ccccc1C(F)(F)F)C1CCN(c2ccc(-c3ccc(F)cc3)nn2)CC1. The van der Waals surface area contributed by atoms with Crippen LogP contribution in [0, 0.1) is 11.7 Å². The maximum Gasteiger partial charge on any atom is 0.418 e. The van der Waals surface area contributed by atoms with Gasteiger partial charge in [0.2, 0.25) is 5.91 Å². The molecule has 1 aliphatic rings. The lowest BCUT2D eigenvalue weighted by Gasteiger charge is -2.32. The summed E-state index contributed by atoms with van der Waals surface area (Å²) >= 11 is 0. The van der Waals surface area contributed by atoms with Crippen LogP contribution in [0.1, 0.15) is 18.4 Å². The number of benzene rings is 2. The molecular formula is C23H20F4N4O. The zero-order valence-electron chi connectivity index (χ0n) is 16.9. The number of para-hydroxylation sites is 1. The normalized spacial score (nSPS) is 14.9. The third-order valence-corrected chi connectivity index (χ3v) is 5.47. The van der Waals surface area contributed by atoms with Crippen LogP contribution in [0.4, 0.5) is 29.1 Å². The standard InChI is InChI=1S/C23H20F4N4O/c24-17-7-5-15(6-8-17)19-9-10-21(30-29-19)31-13-11-16(12-14-31)22(32)28-20-4-2-1-3-18(20)23(25,26)27/h1-10,16H,11-14H2,(H,28,32). The highest BCUT2D eigenvalue weighted by Gasteiger charge is 2.34. The third kappa shape index (κ3) is 4.87. The van der Waals surface area contributed by atoms with Gasteiger partial charge in [0.05, 0.1) is 16.9 Å². The minimum Gasteiger partial charge on any atom is -0.355 e. The number of amides is 1. The molecule has 0 saturated carbocycles. The lowest BCUT2D eigenvalue weighted by Crippen LogP contribution is -2.38. The summed E-state index contributed by atoms with van der Waals surface area (Å²) in [6.45, 7) is 1.06. The lowest BCUT2D eigenvalue weighted by molar-refractivity contribution is -0.137. The van der Waals surface area contributed by atoms with Gasteiger partial charge in [-0.05, 0) is 61.4 Å². The molecule has 4 rings (SSSR count). The van der Waals surface area contributed by atoms with E-state index in [9.17, 15) is 22.4 Å². The van der Waals surface area contributed by atoms with Crippen molar-refractivity contribution in [3.05, 3.63) is 72.0 Å². The lowest BCUT2D eigenvalue weighted by atomic mass is 9.95. The largest absolute Gasteiger partial charge is 0.418 e. The van der Waals surface area contributed by atoms with Crippen molar-refractivity contribution in [3.8, 4) is 11.3 Å². The number of carbonyl (C=O) groups is 1. The van der Waals surface area contributed by atoms with Crippen molar-refractivity contribution < 1.29 is 22.4 Å². The molecule has 2 aromatic carbocycles. The number of nitrogens with zero attached hydrogens (tertiary/aromatic N) is 3. The Bertz CT molecular complexity index is 1080. The molecule has 3 aromatic rings. The second kappa shape index (κ2) is 8.94. The van der Waals surface area contributed by atoms with E-state index in [-0.39, 0.29) is 17.4 Å². The highest BCUT2D eigenvalue weighted by Crippen LogP contribution is 2.35. The molecule has 1 aliphatic heterocycles. The average Bonchev–Trinajstić information content (AvgIpc) is 2.79. The molecule has 0 radical (unpaired) electrons. The molecule has 0 atom stereocenters. The number of alkyl halides is 3. The highest BCUT2D eigenvalue weighted by molar-refractivity contribution is 5.93. The molecule has 32 heavy (non-hydrogen) atoms. The summed E-state index contributed by atoms with van der Waals surface area (Å²) in [5, 5.41) is 10.9. The number of rotatable bonds is 4. The van der Waals surface area contributed by atoms with Crippen LogP contribution in [0.2, 0.25) is 0 Å². The fourth-order valence-corrected chi connectivity index (χ4v) is 3.71. The number of hydrogen-bond acceptors (Lipinski definition) is 4. The zero-order chi connectivity index (χ0) is 22.7. The first-order valence-corrected chi connectivity index (χ1v) is 10.1. The van der Waals surface area contributed by atoms with Crippen molar-refractivity contribution in [1.82, 2.24) is 10.2 Å². The summed E-state index contributed by atoms with van der Waals surface area (Å²) in [6.07, 6.45) is -3.56. The first-order valence-electron chi connectivity index (χ1n) is 10.1. The number of halogens is 4. The first-order chi connectivity index (χ1) is 15.3. The predicted octanol–water partition coefficient (Wildman–Crippen LogP) is 5.16. The van der Waals surface area contributed by atoms with Crippen LogP contribution in [0.15, 0.2) is 60.7 Å². The Morgan fingerprint density at radius 2 is 1.62 bits per heavy atom. The fraction of sp³-hybridized carbons (Fsp3) is 0.261. The number of hydrogen-bond donors (Lipinski definition) is 1. The van der Waals surface area contributed by atoms with Crippen LogP contribution in [-0.2, 0) is 11.0 Å². The molecule has 1 amide bonds.